The van der Waals surface area contributed by atoms with Gasteiger partial charge in [-0.3, -0.25) is 15.1 Å². The maximum atomic E-state index is 13.2. The van der Waals surface area contributed by atoms with Gasteiger partial charge >= 0.3 is 0 Å². The minimum atomic E-state index is -0.726. The van der Waals surface area contributed by atoms with Crippen molar-refractivity contribution in [2.24, 2.45) is 0 Å². The summed E-state index contributed by atoms with van der Waals surface area (Å²) in [5, 5.41) is 20.9. The van der Waals surface area contributed by atoms with Gasteiger partial charge in [-0.25, -0.2) is 0 Å². The molecule has 2 aromatic rings. The molecule has 0 aromatic heterocycles. The molecule has 2 fully saturated rings. The maximum Gasteiger partial charge on any atom is 0.239 e. The molecule has 136 valence electrons. The predicted molar refractivity (Wildman–Crippen MR) is 103 cm³/mol. The highest BCUT2D eigenvalue weighted by molar-refractivity contribution is 6.02. The van der Waals surface area contributed by atoms with Gasteiger partial charge in [0.2, 0.25) is 5.91 Å². The lowest BCUT2D eigenvalue weighted by Crippen LogP contribution is -2.62. The van der Waals surface area contributed by atoms with E-state index in [0.717, 1.165) is 29.5 Å². The van der Waals surface area contributed by atoms with Gasteiger partial charge in [0.15, 0.2) is 5.96 Å². The van der Waals surface area contributed by atoms with E-state index in [-0.39, 0.29) is 17.3 Å². The fraction of sp³-hybridized carbons (Fsp3) is 0.318. The number of likely N-dealkylation sites (N-methyl/N-ethyl adjacent to an activating group) is 1. The molecule has 1 aliphatic heterocycles. The Morgan fingerprint density at radius 1 is 1.11 bits per heavy atom. The van der Waals surface area contributed by atoms with Gasteiger partial charge in [0.05, 0.1) is 22.9 Å². The minimum absolute atomic E-state index is 0.0978. The molecule has 5 heteroatoms. The van der Waals surface area contributed by atoms with Gasteiger partial charge in [0.25, 0.3) is 0 Å². The summed E-state index contributed by atoms with van der Waals surface area (Å²) >= 11 is 0. The van der Waals surface area contributed by atoms with Crippen LogP contribution in [0.2, 0.25) is 0 Å². The summed E-state index contributed by atoms with van der Waals surface area (Å²) in [4.78, 5) is 14.5. The minimum Gasteiger partial charge on any atom is -0.346 e. The normalized spacial score (nSPS) is 26.3. The molecule has 1 saturated carbocycles. The number of benzene rings is 2. The van der Waals surface area contributed by atoms with Crippen molar-refractivity contribution in [3.8, 4) is 6.07 Å². The summed E-state index contributed by atoms with van der Waals surface area (Å²) in [7, 11) is 1.62. The fourth-order valence-corrected chi connectivity index (χ4v) is 4.04. The van der Waals surface area contributed by atoms with Gasteiger partial charge in [0, 0.05) is 7.05 Å². The Morgan fingerprint density at radius 3 is 2.30 bits per heavy atom. The molecule has 1 saturated heterocycles. The average molecular weight is 358 g/mol. The van der Waals surface area contributed by atoms with E-state index >= 15 is 0 Å². The molecule has 5 nitrogen and oxygen atoms in total. The largest absolute Gasteiger partial charge is 0.346 e. The van der Waals surface area contributed by atoms with Crippen molar-refractivity contribution in [3.05, 3.63) is 71.3 Å². The van der Waals surface area contributed by atoms with Gasteiger partial charge in [-0.2, -0.15) is 5.26 Å². The molecule has 1 aliphatic carbocycles. The number of rotatable bonds is 3. The summed E-state index contributed by atoms with van der Waals surface area (Å²) in [6.07, 6.45) is 1.79. The first-order valence-electron chi connectivity index (χ1n) is 9.13. The van der Waals surface area contributed by atoms with Crippen molar-refractivity contribution in [1.82, 2.24) is 10.2 Å². The van der Waals surface area contributed by atoms with Crippen LogP contribution >= 0.6 is 0 Å². The lowest BCUT2D eigenvalue weighted by molar-refractivity contribution is -0.131. The number of hydrogen-bond donors (Lipinski definition) is 2. The number of amides is 1. The van der Waals surface area contributed by atoms with Crippen LogP contribution in [0.15, 0.2) is 54.6 Å². The summed E-state index contributed by atoms with van der Waals surface area (Å²) in [6.45, 7) is 1.97. The van der Waals surface area contributed by atoms with Crippen LogP contribution in [0.1, 0.15) is 42.4 Å². The monoisotopic (exact) mass is 358 g/mol. The van der Waals surface area contributed by atoms with E-state index in [1.54, 1.807) is 7.05 Å². The summed E-state index contributed by atoms with van der Waals surface area (Å²) < 4.78 is 0. The van der Waals surface area contributed by atoms with E-state index in [1.807, 2.05) is 61.5 Å². The van der Waals surface area contributed by atoms with Crippen molar-refractivity contribution in [2.45, 2.75) is 36.6 Å². The number of guanidine groups is 1. The zero-order chi connectivity index (χ0) is 19.2. The van der Waals surface area contributed by atoms with E-state index in [0.29, 0.717) is 0 Å². The second-order valence-corrected chi connectivity index (χ2v) is 7.69. The second-order valence-electron chi connectivity index (χ2n) is 7.69. The zero-order valence-corrected chi connectivity index (χ0v) is 15.5. The smallest absolute Gasteiger partial charge is 0.239 e. The Morgan fingerprint density at radius 2 is 1.74 bits per heavy atom. The molecule has 2 aliphatic rings. The highest BCUT2D eigenvalue weighted by atomic mass is 16.2. The topological polar surface area (TPSA) is 80.0 Å². The quantitative estimate of drug-likeness (QED) is 0.884. The molecule has 1 heterocycles. The van der Waals surface area contributed by atoms with Gasteiger partial charge in [-0.15, -0.1) is 0 Å². The van der Waals surface area contributed by atoms with Crippen LogP contribution in [0.4, 0.5) is 0 Å². The standard InChI is InChI=1S/C22H22N4O/c1-21(16-6-4-3-5-7-16)18(19(27)26(2)20(24)25-21)15-8-10-17(11-9-15)22(14-23)12-13-22/h3-11,18H,12-13H2,1-2H3,(H2,24,25)/t18-,21+/m0/s1. The molecule has 0 bridgehead atoms. The molecule has 0 spiro atoms. The number of carbonyl (C=O) groups excluding carboxylic acids is 1. The van der Waals surface area contributed by atoms with Crippen molar-refractivity contribution in [2.75, 3.05) is 7.05 Å². The number of carbonyl (C=O) groups is 1. The second kappa shape index (κ2) is 5.95. The summed E-state index contributed by atoms with van der Waals surface area (Å²) in [5.41, 5.74) is 1.80. The number of nitrogens with zero attached hydrogens (tertiary/aromatic N) is 2. The van der Waals surface area contributed by atoms with Gasteiger partial charge in [-0.1, -0.05) is 54.6 Å². The number of nitriles is 1. The van der Waals surface area contributed by atoms with E-state index in [4.69, 9.17) is 5.41 Å². The van der Waals surface area contributed by atoms with Crippen LogP contribution in [0.5, 0.6) is 0 Å². The first-order chi connectivity index (χ1) is 12.9. The first kappa shape index (κ1) is 17.3. The first-order valence-corrected chi connectivity index (χ1v) is 9.13. The van der Waals surface area contributed by atoms with Crippen molar-refractivity contribution < 1.29 is 4.79 Å². The van der Waals surface area contributed by atoms with Gasteiger partial charge in [-0.05, 0) is 36.5 Å². The zero-order valence-electron chi connectivity index (χ0n) is 15.5. The summed E-state index contributed by atoms with van der Waals surface area (Å²) in [5.74, 6) is -0.481. The van der Waals surface area contributed by atoms with Crippen LogP contribution in [0.25, 0.3) is 0 Å². The van der Waals surface area contributed by atoms with E-state index in [2.05, 4.69) is 11.4 Å². The van der Waals surface area contributed by atoms with Gasteiger partial charge in [0.1, 0.15) is 0 Å². The van der Waals surface area contributed by atoms with Crippen molar-refractivity contribution in [3.63, 3.8) is 0 Å². The van der Waals surface area contributed by atoms with Gasteiger partial charge < -0.3 is 5.32 Å². The molecular weight excluding hydrogens is 336 g/mol. The highest BCUT2D eigenvalue weighted by Gasteiger charge is 2.49. The molecule has 0 unspecified atom stereocenters. The van der Waals surface area contributed by atoms with Crippen molar-refractivity contribution in [1.29, 1.82) is 10.7 Å². The molecule has 1 amide bonds. The maximum absolute atomic E-state index is 13.2. The lowest BCUT2D eigenvalue weighted by Gasteiger charge is -2.46. The molecule has 2 N–H and O–H groups in total. The van der Waals surface area contributed by atoms with Crippen LogP contribution < -0.4 is 5.32 Å². The Bertz CT molecular complexity index is 941. The van der Waals surface area contributed by atoms with Crippen molar-refractivity contribution >= 4 is 11.9 Å². The average Bonchev–Trinajstić information content (AvgIpc) is 3.49. The van der Waals surface area contributed by atoms with E-state index < -0.39 is 11.5 Å². The Hall–Kier alpha value is -3.13. The van der Waals surface area contributed by atoms with Crippen LogP contribution in [-0.4, -0.2) is 23.8 Å². The molecule has 0 radical (unpaired) electrons. The lowest BCUT2D eigenvalue weighted by atomic mass is 9.73. The summed E-state index contributed by atoms with van der Waals surface area (Å²) in [6, 6.07) is 20.1. The van der Waals surface area contributed by atoms with Crippen LogP contribution in [0.3, 0.4) is 0 Å². The van der Waals surface area contributed by atoms with Crippen LogP contribution in [-0.2, 0) is 15.7 Å². The molecule has 4 rings (SSSR count). The SMILES string of the molecule is CN1C(=N)N[C@](C)(c2ccccc2)[C@@H](c2ccc(C3(C#N)CC3)cc2)C1=O. The molecule has 2 atom stereocenters. The Balaban J connectivity index is 1.78. The third kappa shape index (κ3) is 2.60. The number of nitrogens with one attached hydrogen (secondary N) is 2. The third-order valence-corrected chi connectivity index (χ3v) is 6.00. The predicted octanol–water partition coefficient (Wildman–Crippen LogP) is 3.24. The Kier molecular flexibility index (Phi) is 3.81. The third-order valence-electron chi connectivity index (χ3n) is 6.00. The fourth-order valence-electron chi connectivity index (χ4n) is 4.04. The van der Waals surface area contributed by atoms with E-state index in [9.17, 15) is 10.1 Å². The molecule has 2 aromatic carbocycles. The number of hydrogen-bond acceptors (Lipinski definition) is 3. The van der Waals surface area contributed by atoms with Crippen LogP contribution in [0, 0.1) is 16.7 Å². The Labute approximate surface area is 159 Å². The molecule has 27 heavy (non-hydrogen) atoms. The highest BCUT2D eigenvalue weighted by Crippen LogP contribution is 2.48. The van der Waals surface area contributed by atoms with E-state index in [1.165, 1.54) is 4.90 Å². The molecular formula is C22H22N4O.